The maximum absolute atomic E-state index is 11.9. The number of hydrogen-bond acceptors (Lipinski definition) is 4. The molecule has 0 saturated carbocycles. The molecule has 0 spiro atoms. The molecule has 1 N–H and O–H groups in total. The highest BCUT2D eigenvalue weighted by Gasteiger charge is 2.28. The molecule has 0 aromatic heterocycles. The molecule has 0 aliphatic carbocycles. The lowest BCUT2D eigenvalue weighted by atomic mass is 10.3. The van der Waals surface area contributed by atoms with Gasteiger partial charge in [-0.05, 0) is 0 Å². The van der Waals surface area contributed by atoms with Crippen LogP contribution in [0.3, 0.4) is 0 Å². The molecule has 2 fully saturated rings. The topological polar surface area (TPSA) is 49.4 Å². The molecule has 14 heavy (non-hydrogen) atoms. The van der Waals surface area contributed by atoms with Gasteiger partial charge >= 0.3 is 0 Å². The zero-order chi connectivity index (χ0) is 9.97. The molecule has 0 radical (unpaired) electrons. The van der Waals surface area contributed by atoms with Gasteiger partial charge in [0, 0.05) is 47.0 Å². The summed E-state index contributed by atoms with van der Waals surface area (Å²) in [7, 11) is -0.698. The molecular formula is C8H14N2O2S2. The van der Waals surface area contributed by atoms with Crippen molar-refractivity contribution in [3.8, 4) is 0 Å². The lowest BCUT2D eigenvalue weighted by Crippen LogP contribution is -2.49. The molecule has 0 aromatic rings. The van der Waals surface area contributed by atoms with E-state index in [9.17, 15) is 9.00 Å². The van der Waals surface area contributed by atoms with Crippen molar-refractivity contribution in [2.45, 2.75) is 6.04 Å². The second kappa shape index (κ2) is 4.63. The monoisotopic (exact) mass is 234 g/mol. The van der Waals surface area contributed by atoms with Gasteiger partial charge < -0.3 is 4.90 Å². The van der Waals surface area contributed by atoms with Crippen LogP contribution in [0.25, 0.3) is 0 Å². The standard InChI is InChI=1S/C8H14N2O2S2/c11-8(7-5-13-6-9-7)10-1-3-14(12)4-2-10/h7,9H,1-6H2/t7-/m1/s1. The highest BCUT2D eigenvalue weighted by atomic mass is 32.2. The number of hydrogen-bond donors (Lipinski definition) is 1. The molecule has 2 aliphatic heterocycles. The van der Waals surface area contributed by atoms with E-state index in [1.54, 1.807) is 11.8 Å². The number of nitrogens with zero attached hydrogens (tertiary/aromatic N) is 1. The normalized spacial score (nSPS) is 29.4. The summed E-state index contributed by atoms with van der Waals surface area (Å²) in [5.74, 6) is 3.22. The van der Waals surface area contributed by atoms with E-state index in [-0.39, 0.29) is 11.9 Å². The molecule has 1 atom stereocenters. The molecule has 80 valence electrons. The molecule has 6 heteroatoms. The van der Waals surface area contributed by atoms with Crippen molar-refractivity contribution in [1.29, 1.82) is 0 Å². The van der Waals surface area contributed by atoms with Gasteiger partial charge in [-0.1, -0.05) is 0 Å². The Balaban J connectivity index is 1.88. The Morgan fingerprint density at radius 3 is 2.71 bits per heavy atom. The number of thioether (sulfide) groups is 1. The van der Waals surface area contributed by atoms with Crippen LogP contribution in [0.1, 0.15) is 0 Å². The zero-order valence-corrected chi connectivity index (χ0v) is 9.53. The summed E-state index contributed by atoms with van der Waals surface area (Å²) in [5, 5.41) is 3.16. The van der Waals surface area contributed by atoms with Gasteiger partial charge in [-0.25, -0.2) is 0 Å². The van der Waals surface area contributed by atoms with Crippen molar-refractivity contribution < 1.29 is 9.00 Å². The van der Waals surface area contributed by atoms with Crippen LogP contribution >= 0.6 is 11.8 Å². The zero-order valence-electron chi connectivity index (χ0n) is 7.90. The van der Waals surface area contributed by atoms with E-state index in [0.29, 0.717) is 24.6 Å². The predicted octanol–water partition coefficient (Wildman–Crippen LogP) is -0.760. The van der Waals surface area contributed by atoms with Gasteiger partial charge in [0.25, 0.3) is 0 Å². The van der Waals surface area contributed by atoms with Crippen LogP contribution in [-0.4, -0.2) is 57.3 Å². The SMILES string of the molecule is O=C([C@H]1CSCN1)N1CCS(=O)CC1. The van der Waals surface area contributed by atoms with Crippen LogP contribution in [0.4, 0.5) is 0 Å². The summed E-state index contributed by atoms with van der Waals surface area (Å²) in [6, 6.07) is -0.00784. The first-order valence-corrected chi connectivity index (χ1v) is 7.36. The fourth-order valence-electron chi connectivity index (χ4n) is 1.63. The second-order valence-corrected chi connectivity index (χ2v) is 6.17. The van der Waals surface area contributed by atoms with E-state index in [0.717, 1.165) is 11.6 Å². The van der Waals surface area contributed by atoms with E-state index in [4.69, 9.17) is 0 Å². The minimum absolute atomic E-state index is 0.00784. The van der Waals surface area contributed by atoms with Crippen LogP contribution < -0.4 is 5.32 Å². The van der Waals surface area contributed by atoms with Gasteiger partial charge in [-0.15, -0.1) is 11.8 Å². The van der Waals surface area contributed by atoms with Gasteiger partial charge in [-0.2, -0.15) is 0 Å². The Kier molecular flexibility index (Phi) is 3.46. The summed E-state index contributed by atoms with van der Waals surface area (Å²) in [6.07, 6.45) is 0. The van der Waals surface area contributed by atoms with Crippen molar-refractivity contribution in [3.63, 3.8) is 0 Å². The molecule has 2 rings (SSSR count). The van der Waals surface area contributed by atoms with Gasteiger partial charge in [0.15, 0.2) is 0 Å². The second-order valence-electron chi connectivity index (χ2n) is 3.45. The number of rotatable bonds is 1. The summed E-state index contributed by atoms with van der Waals surface area (Å²) < 4.78 is 11.1. The van der Waals surface area contributed by atoms with E-state index < -0.39 is 10.8 Å². The third-order valence-corrected chi connectivity index (χ3v) is 4.72. The molecule has 0 unspecified atom stereocenters. The number of nitrogens with one attached hydrogen (secondary N) is 1. The van der Waals surface area contributed by atoms with Crippen molar-refractivity contribution in [2.75, 3.05) is 36.2 Å². The quantitative estimate of drug-likeness (QED) is 0.648. The fourth-order valence-corrected chi connectivity index (χ4v) is 3.62. The van der Waals surface area contributed by atoms with Crippen molar-refractivity contribution >= 4 is 28.5 Å². The third-order valence-electron chi connectivity index (χ3n) is 2.50. The molecule has 2 saturated heterocycles. The minimum atomic E-state index is -0.698. The van der Waals surface area contributed by atoms with Gasteiger partial charge in [0.05, 0.1) is 6.04 Å². The summed E-state index contributed by atoms with van der Waals surface area (Å²) in [5.41, 5.74) is 0. The fraction of sp³-hybridized carbons (Fsp3) is 0.875. The molecule has 0 aromatic carbocycles. The Hall–Kier alpha value is -0.0700. The van der Waals surface area contributed by atoms with Crippen LogP contribution in [0.15, 0.2) is 0 Å². The summed E-state index contributed by atoms with van der Waals surface area (Å²) in [6.45, 7) is 1.32. The van der Waals surface area contributed by atoms with Gasteiger partial charge in [0.2, 0.25) is 5.91 Å². The molecule has 0 bridgehead atoms. The predicted molar refractivity (Wildman–Crippen MR) is 58.7 cm³/mol. The summed E-state index contributed by atoms with van der Waals surface area (Å²) in [4.78, 5) is 13.7. The number of amides is 1. The largest absolute Gasteiger partial charge is 0.339 e. The Labute approximate surface area is 90.3 Å². The highest BCUT2D eigenvalue weighted by Crippen LogP contribution is 2.13. The first-order chi connectivity index (χ1) is 6.77. The van der Waals surface area contributed by atoms with E-state index in [2.05, 4.69) is 5.32 Å². The number of carbonyl (C=O) groups excluding carboxylic acids is 1. The summed E-state index contributed by atoms with van der Waals surface area (Å²) >= 11 is 1.76. The van der Waals surface area contributed by atoms with Gasteiger partial charge in [-0.3, -0.25) is 14.3 Å². The maximum atomic E-state index is 11.9. The smallest absolute Gasteiger partial charge is 0.240 e. The van der Waals surface area contributed by atoms with E-state index in [1.165, 1.54) is 0 Å². The minimum Gasteiger partial charge on any atom is -0.339 e. The van der Waals surface area contributed by atoms with Crippen molar-refractivity contribution in [1.82, 2.24) is 10.2 Å². The van der Waals surface area contributed by atoms with E-state index in [1.807, 2.05) is 4.90 Å². The molecule has 2 aliphatic rings. The van der Waals surface area contributed by atoms with Crippen LogP contribution in [0.2, 0.25) is 0 Å². The first-order valence-electron chi connectivity index (χ1n) is 4.72. The van der Waals surface area contributed by atoms with Gasteiger partial charge in [0.1, 0.15) is 0 Å². The Bertz CT molecular complexity index is 244. The van der Waals surface area contributed by atoms with E-state index >= 15 is 0 Å². The maximum Gasteiger partial charge on any atom is 0.240 e. The first kappa shape index (κ1) is 10.4. The van der Waals surface area contributed by atoms with Crippen molar-refractivity contribution in [3.05, 3.63) is 0 Å². The van der Waals surface area contributed by atoms with Crippen LogP contribution in [-0.2, 0) is 15.6 Å². The molecular weight excluding hydrogens is 220 g/mol. The average molecular weight is 234 g/mol. The lowest BCUT2D eigenvalue weighted by Gasteiger charge is -2.28. The number of carbonyl (C=O) groups is 1. The Morgan fingerprint density at radius 2 is 2.14 bits per heavy atom. The third kappa shape index (κ3) is 2.29. The molecule has 2 heterocycles. The molecule has 4 nitrogen and oxygen atoms in total. The highest BCUT2D eigenvalue weighted by molar-refractivity contribution is 7.99. The van der Waals surface area contributed by atoms with Crippen LogP contribution in [0, 0.1) is 0 Å². The average Bonchev–Trinajstić information content (AvgIpc) is 2.71. The Morgan fingerprint density at radius 1 is 1.43 bits per heavy atom. The van der Waals surface area contributed by atoms with Crippen LogP contribution in [0.5, 0.6) is 0 Å². The van der Waals surface area contributed by atoms with Crippen molar-refractivity contribution in [2.24, 2.45) is 0 Å². The lowest BCUT2D eigenvalue weighted by molar-refractivity contribution is -0.132. The molecule has 1 amide bonds.